The van der Waals surface area contributed by atoms with Gasteiger partial charge in [-0.05, 0) is 56.7 Å². The van der Waals surface area contributed by atoms with E-state index in [1.807, 2.05) is 67.5 Å². The molecule has 3 rings (SSSR count). The molecule has 1 atom stereocenters. The molecule has 1 fully saturated rings. The minimum absolute atomic E-state index is 0. The number of hydrogen-bond acceptors (Lipinski definition) is 4. The normalized spacial score (nSPS) is 15.6. The number of rotatable bonds is 7. The number of nitrogens with two attached hydrogens (primary N) is 1. The number of benzene rings is 2. The molecule has 2 N–H and O–H groups in total. The van der Waals surface area contributed by atoms with Crippen LogP contribution in [0.2, 0.25) is 0 Å². The second kappa shape index (κ2) is 12.0. The zero-order valence-corrected chi connectivity index (χ0v) is 18.7. The molecule has 1 unspecified atom stereocenters. The van der Waals surface area contributed by atoms with E-state index in [1.165, 1.54) is 0 Å². The maximum absolute atomic E-state index is 12.9. The van der Waals surface area contributed by atoms with Crippen LogP contribution < -0.4 is 10.5 Å². The van der Waals surface area contributed by atoms with E-state index in [0.29, 0.717) is 24.6 Å². The van der Waals surface area contributed by atoms with E-state index in [1.54, 1.807) is 0 Å². The van der Waals surface area contributed by atoms with E-state index in [2.05, 4.69) is 4.90 Å². The molecule has 1 amide bonds. The third-order valence-corrected chi connectivity index (χ3v) is 5.01. The minimum atomic E-state index is 0. The lowest BCUT2D eigenvalue weighted by Crippen LogP contribution is -2.29. The molecule has 160 valence electrons. The van der Waals surface area contributed by atoms with Gasteiger partial charge >= 0.3 is 0 Å². The Morgan fingerprint density at radius 3 is 2.62 bits per heavy atom. The highest BCUT2D eigenvalue weighted by Crippen LogP contribution is 2.31. The number of likely N-dealkylation sites (N-methyl/N-ethyl adjacent to an activating group) is 1. The van der Waals surface area contributed by atoms with Gasteiger partial charge in [0.2, 0.25) is 0 Å². The van der Waals surface area contributed by atoms with Crippen LogP contribution >= 0.6 is 24.8 Å². The number of halogens is 2. The summed E-state index contributed by atoms with van der Waals surface area (Å²) in [6, 6.07) is 15.8. The summed E-state index contributed by atoms with van der Waals surface area (Å²) < 4.78 is 5.98. The average Bonchev–Trinajstić information content (AvgIpc) is 3.17. The lowest BCUT2D eigenvalue weighted by molar-refractivity contribution is 0.0787. The summed E-state index contributed by atoms with van der Waals surface area (Å²) in [5.74, 6) is 1.34. The molecule has 7 heteroatoms. The van der Waals surface area contributed by atoms with Crippen LogP contribution in [0.4, 0.5) is 0 Å². The van der Waals surface area contributed by atoms with Crippen LogP contribution in [0, 0.1) is 5.92 Å². The van der Waals surface area contributed by atoms with Crippen molar-refractivity contribution >= 4 is 30.7 Å². The SMILES string of the molecule is CN(C)CCOc1ccccc1-c1cccc(C(=O)N2CCC(CN)C2)c1.Cl.Cl. The van der Waals surface area contributed by atoms with Gasteiger partial charge in [-0.15, -0.1) is 24.8 Å². The first-order chi connectivity index (χ1) is 13.1. The molecule has 2 aromatic rings. The van der Waals surface area contributed by atoms with Gasteiger partial charge < -0.3 is 20.3 Å². The van der Waals surface area contributed by atoms with Crippen LogP contribution in [0.15, 0.2) is 48.5 Å². The highest BCUT2D eigenvalue weighted by atomic mass is 35.5. The van der Waals surface area contributed by atoms with Crippen LogP contribution in [-0.2, 0) is 0 Å². The molecular weight excluding hydrogens is 409 g/mol. The van der Waals surface area contributed by atoms with Crippen molar-refractivity contribution in [1.82, 2.24) is 9.80 Å². The van der Waals surface area contributed by atoms with Crippen LogP contribution in [0.25, 0.3) is 11.1 Å². The van der Waals surface area contributed by atoms with E-state index in [4.69, 9.17) is 10.5 Å². The number of likely N-dealkylation sites (tertiary alicyclic amines) is 1. The first-order valence-electron chi connectivity index (χ1n) is 9.55. The van der Waals surface area contributed by atoms with Gasteiger partial charge in [0, 0.05) is 30.8 Å². The van der Waals surface area contributed by atoms with E-state index >= 15 is 0 Å². The fourth-order valence-corrected chi connectivity index (χ4v) is 3.38. The number of carbonyl (C=O) groups is 1. The van der Waals surface area contributed by atoms with Gasteiger partial charge in [0.05, 0.1) is 0 Å². The molecular formula is C22H31Cl2N3O2. The number of para-hydroxylation sites is 1. The summed E-state index contributed by atoms with van der Waals surface area (Å²) >= 11 is 0. The first kappa shape index (κ1) is 25.2. The second-order valence-corrected chi connectivity index (χ2v) is 7.37. The minimum Gasteiger partial charge on any atom is -0.492 e. The zero-order valence-electron chi connectivity index (χ0n) is 17.0. The fourth-order valence-electron chi connectivity index (χ4n) is 3.38. The molecule has 0 bridgehead atoms. The molecule has 0 aliphatic carbocycles. The summed E-state index contributed by atoms with van der Waals surface area (Å²) in [4.78, 5) is 16.9. The molecule has 1 heterocycles. The van der Waals surface area contributed by atoms with Crippen molar-refractivity contribution in [2.75, 3.05) is 46.9 Å². The predicted molar refractivity (Wildman–Crippen MR) is 123 cm³/mol. The monoisotopic (exact) mass is 439 g/mol. The Balaban J connectivity index is 0.00000210. The lowest BCUT2D eigenvalue weighted by Gasteiger charge is -2.17. The van der Waals surface area contributed by atoms with Gasteiger partial charge in [-0.3, -0.25) is 4.79 Å². The van der Waals surface area contributed by atoms with Crippen LogP contribution in [0.1, 0.15) is 16.8 Å². The van der Waals surface area contributed by atoms with Gasteiger partial charge in [-0.25, -0.2) is 0 Å². The van der Waals surface area contributed by atoms with E-state index in [9.17, 15) is 4.79 Å². The quantitative estimate of drug-likeness (QED) is 0.716. The maximum Gasteiger partial charge on any atom is 0.253 e. The number of hydrogen-bond donors (Lipinski definition) is 1. The third-order valence-electron chi connectivity index (χ3n) is 5.01. The largest absolute Gasteiger partial charge is 0.492 e. The average molecular weight is 440 g/mol. The van der Waals surface area contributed by atoms with Crippen LogP contribution in [0.3, 0.4) is 0 Å². The van der Waals surface area contributed by atoms with Crippen molar-refractivity contribution in [1.29, 1.82) is 0 Å². The number of amides is 1. The Bertz CT molecular complexity index is 786. The molecule has 1 saturated heterocycles. The molecule has 0 spiro atoms. The second-order valence-electron chi connectivity index (χ2n) is 7.37. The Morgan fingerprint density at radius 1 is 1.17 bits per heavy atom. The molecule has 0 aromatic heterocycles. The Morgan fingerprint density at radius 2 is 1.93 bits per heavy atom. The van der Waals surface area contributed by atoms with Crippen molar-refractivity contribution < 1.29 is 9.53 Å². The highest BCUT2D eigenvalue weighted by molar-refractivity contribution is 5.96. The molecule has 1 aliphatic rings. The van der Waals surface area contributed by atoms with Gasteiger partial charge in [0.15, 0.2) is 0 Å². The molecule has 2 aromatic carbocycles. The Hall–Kier alpha value is -1.79. The van der Waals surface area contributed by atoms with E-state index < -0.39 is 0 Å². The Labute approximate surface area is 186 Å². The van der Waals surface area contributed by atoms with E-state index in [0.717, 1.165) is 42.9 Å². The summed E-state index contributed by atoms with van der Waals surface area (Å²) in [7, 11) is 4.05. The van der Waals surface area contributed by atoms with Gasteiger partial charge in [-0.2, -0.15) is 0 Å². The van der Waals surface area contributed by atoms with Crippen molar-refractivity contribution in [2.45, 2.75) is 6.42 Å². The lowest BCUT2D eigenvalue weighted by atomic mass is 10.0. The number of nitrogens with zero attached hydrogens (tertiary/aromatic N) is 2. The topological polar surface area (TPSA) is 58.8 Å². The van der Waals surface area contributed by atoms with Gasteiger partial charge in [0.25, 0.3) is 5.91 Å². The Kier molecular flexibility index (Phi) is 10.5. The van der Waals surface area contributed by atoms with Crippen molar-refractivity contribution in [3.63, 3.8) is 0 Å². The van der Waals surface area contributed by atoms with Gasteiger partial charge in [0.1, 0.15) is 12.4 Å². The summed E-state index contributed by atoms with van der Waals surface area (Å²) in [6.45, 7) is 3.65. The molecule has 0 saturated carbocycles. The molecule has 1 aliphatic heterocycles. The number of ether oxygens (including phenoxy) is 1. The van der Waals surface area contributed by atoms with Gasteiger partial charge in [-0.1, -0.05) is 30.3 Å². The first-order valence-corrected chi connectivity index (χ1v) is 9.55. The van der Waals surface area contributed by atoms with E-state index in [-0.39, 0.29) is 30.7 Å². The fraction of sp³-hybridized carbons (Fsp3) is 0.409. The molecule has 29 heavy (non-hydrogen) atoms. The summed E-state index contributed by atoms with van der Waals surface area (Å²) in [6.07, 6.45) is 0.991. The summed E-state index contributed by atoms with van der Waals surface area (Å²) in [5.41, 5.74) is 8.47. The maximum atomic E-state index is 12.9. The van der Waals surface area contributed by atoms with Crippen molar-refractivity contribution in [3.8, 4) is 16.9 Å². The van der Waals surface area contributed by atoms with Crippen LogP contribution in [0.5, 0.6) is 5.75 Å². The highest BCUT2D eigenvalue weighted by Gasteiger charge is 2.26. The van der Waals surface area contributed by atoms with Crippen LogP contribution in [-0.4, -0.2) is 62.6 Å². The molecule has 0 radical (unpaired) electrons. The smallest absolute Gasteiger partial charge is 0.253 e. The summed E-state index contributed by atoms with van der Waals surface area (Å²) in [5, 5.41) is 0. The standard InChI is InChI=1S/C22H29N3O2.2ClH/c1-24(2)12-13-27-21-9-4-3-8-20(21)18-6-5-7-19(14-18)22(26)25-11-10-17(15-23)16-25;;/h3-9,14,17H,10-13,15-16,23H2,1-2H3;2*1H. The van der Waals surface area contributed by atoms with Crippen molar-refractivity contribution in [2.24, 2.45) is 11.7 Å². The number of carbonyl (C=O) groups excluding carboxylic acids is 1. The van der Waals surface area contributed by atoms with Crippen molar-refractivity contribution in [3.05, 3.63) is 54.1 Å². The third kappa shape index (κ3) is 6.61. The predicted octanol–water partition coefficient (Wildman–Crippen LogP) is 3.56. The zero-order chi connectivity index (χ0) is 19.2. The molecule has 5 nitrogen and oxygen atoms in total.